The van der Waals surface area contributed by atoms with Crippen molar-refractivity contribution in [2.75, 3.05) is 5.32 Å². The van der Waals surface area contributed by atoms with Crippen molar-refractivity contribution in [3.05, 3.63) is 34.1 Å². The molecule has 1 N–H and O–H groups in total. The maximum Gasteiger partial charge on any atom is 0.411 e. The fourth-order valence-electron chi connectivity index (χ4n) is 1.09. The first kappa shape index (κ1) is 12.9. The van der Waals surface area contributed by atoms with Gasteiger partial charge in [0, 0.05) is 6.07 Å². The Kier molecular flexibility index (Phi) is 3.97. The van der Waals surface area contributed by atoms with E-state index in [4.69, 9.17) is 4.74 Å². The summed E-state index contributed by atoms with van der Waals surface area (Å²) in [5, 5.41) is 12.7. The van der Waals surface area contributed by atoms with Crippen LogP contribution in [0.3, 0.4) is 0 Å². The van der Waals surface area contributed by atoms with Crippen LogP contribution >= 0.6 is 0 Å². The molecule has 1 rings (SSSR count). The number of nitro benzene ring substituents is 1. The summed E-state index contributed by atoms with van der Waals surface area (Å²) >= 11 is 0. The van der Waals surface area contributed by atoms with E-state index < -0.39 is 22.5 Å². The summed E-state index contributed by atoms with van der Waals surface area (Å²) in [5.41, 5.74) is -0.601. The molecule has 0 bridgehead atoms. The smallest absolute Gasteiger partial charge is 0.411 e. The first-order chi connectivity index (χ1) is 7.90. The van der Waals surface area contributed by atoms with E-state index in [1.54, 1.807) is 13.8 Å². The molecular weight excluding hydrogens is 231 g/mol. The molecule has 0 atom stereocenters. The normalized spacial score (nSPS) is 10.1. The van der Waals surface area contributed by atoms with Gasteiger partial charge in [0.05, 0.1) is 16.7 Å². The van der Waals surface area contributed by atoms with Gasteiger partial charge in [0.2, 0.25) is 5.82 Å². The standard InChI is InChI=1S/C10H11FN2O4/c1-6(2)17-10(14)12-7-3-4-8(11)9(5-7)13(15)16/h3-6H,1-2H3,(H,12,14). The molecule has 0 fully saturated rings. The number of nitrogens with zero attached hydrogens (tertiary/aromatic N) is 1. The van der Waals surface area contributed by atoms with Crippen molar-refractivity contribution in [3.8, 4) is 0 Å². The van der Waals surface area contributed by atoms with Crippen LogP contribution in [0.2, 0.25) is 0 Å². The van der Waals surface area contributed by atoms with Gasteiger partial charge < -0.3 is 4.74 Å². The van der Waals surface area contributed by atoms with Crippen molar-refractivity contribution in [1.29, 1.82) is 0 Å². The monoisotopic (exact) mass is 242 g/mol. The van der Waals surface area contributed by atoms with E-state index in [2.05, 4.69) is 5.32 Å². The molecule has 17 heavy (non-hydrogen) atoms. The number of halogens is 1. The molecule has 0 heterocycles. The van der Waals surface area contributed by atoms with Gasteiger partial charge in [-0.2, -0.15) is 4.39 Å². The van der Waals surface area contributed by atoms with Crippen molar-refractivity contribution in [3.63, 3.8) is 0 Å². The molecule has 0 unspecified atom stereocenters. The van der Waals surface area contributed by atoms with E-state index >= 15 is 0 Å². The van der Waals surface area contributed by atoms with Gasteiger partial charge in [0.15, 0.2) is 0 Å². The first-order valence-electron chi connectivity index (χ1n) is 4.81. The third-order valence-corrected chi connectivity index (χ3v) is 1.73. The minimum atomic E-state index is -0.960. The largest absolute Gasteiger partial charge is 0.447 e. The number of carbonyl (C=O) groups is 1. The summed E-state index contributed by atoms with van der Waals surface area (Å²) in [6.07, 6.45) is -1.06. The molecule has 0 radical (unpaired) electrons. The molecule has 0 aliphatic carbocycles. The second kappa shape index (κ2) is 5.24. The number of nitro groups is 1. The number of benzene rings is 1. The Bertz CT molecular complexity index is 448. The van der Waals surface area contributed by atoms with Crippen LogP contribution < -0.4 is 5.32 Å². The zero-order valence-corrected chi connectivity index (χ0v) is 9.27. The highest BCUT2D eigenvalue weighted by Crippen LogP contribution is 2.21. The number of ether oxygens (including phenoxy) is 1. The first-order valence-corrected chi connectivity index (χ1v) is 4.81. The Morgan fingerprint density at radius 3 is 2.71 bits per heavy atom. The van der Waals surface area contributed by atoms with E-state index in [0.717, 1.165) is 12.1 Å². The molecule has 92 valence electrons. The third-order valence-electron chi connectivity index (χ3n) is 1.73. The van der Waals surface area contributed by atoms with E-state index in [-0.39, 0.29) is 11.8 Å². The average Bonchev–Trinajstić information content (AvgIpc) is 2.19. The topological polar surface area (TPSA) is 81.5 Å². The lowest BCUT2D eigenvalue weighted by Crippen LogP contribution is -2.18. The van der Waals surface area contributed by atoms with Crippen LogP contribution in [-0.4, -0.2) is 17.1 Å². The van der Waals surface area contributed by atoms with Crippen LogP contribution in [0.1, 0.15) is 13.8 Å². The van der Waals surface area contributed by atoms with Gasteiger partial charge in [0.1, 0.15) is 0 Å². The SMILES string of the molecule is CC(C)OC(=O)Nc1ccc(F)c([N+](=O)[O-])c1. The summed E-state index contributed by atoms with van der Waals surface area (Å²) in [6.45, 7) is 3.32. The molecule has 6 nitrogen and oxygen atoms in total. The Labute approximate surface area is 96.5 Å². The van der Waals surface area contributed by atoms with E-state index in [1.807, 2.05) is 0 Å². The lowest BCUT2D eigenvalue weighted by atomic mass is 10.2. The van der Waals surface area contributed by atoms with Crippen molar-refractivity contribution in [1.82, 2.24) is 0 Å². The highest BCUT2D eigenvalue weighted by atomic mass is 19.1. The minimum Gasteiger partial charge on any atom is -0.447 e. The lowest BCUT2D eigenvalue weighted by Gasteiger charge is -2.09. The zero-order valence-electron chi connectivity index (χ0n) is 9.27. The van der Waals surface area contributed by atoms with Crippen molar-refractivity contribution in [2.24, 2.45) is 0 Å². The van der Waals surface area contributed by atoms with Crippen molar-refractivity contribution in [2.45, 2.75) is 20.0 Å². The van der Waals surface area contributed by atoms with Crippen LogP contribution in [0.15, 0.2) is 18.2 Å². The predicted molar refractivity (Wildman–Crippen MR) is 58.3 cm³/mol. The van der Waals surface area contributed by atoms with Gasteiger partial charge in [0.25, 0.3) is 0 Å². The number of amides is 1. The molecule has 1 amide bonds. The van der Waals surface area contributed by atoms with Crippen LogP contribution in [0.25, 0.3) is 0 Å². The highest BCUT2D eigenvalue weighted by Gasteiger charge is 2.15. The minimum absolute atomic E-state index is 0.101. The summed E-state index contributed by atoms with van der Waals surface area (Å²) in [4.78, 5) is 20.8. The summed E-state index contributed by atoms with van der Waals surface area (Å²) in [7, 11) is 0. The molecule has 0 saturated carbocycles. The number of hydrogen-bond acceptors (Lipinski definition) is 4. The Morgan fingerprint density at radius 1 is 1.53 bits per heavy atom. The summed E-state index contributed by atoms with van der Waals surface area (Å²) in [6, 6.07) is 3.05. The van der Waals surface area contributed by atoms with Gasteiger partial charge in [-0.1, -0.05) is 0 Å². The molecule has 0 aliphatic heterocycles. The highest BCUT2D eigenvalue weighted by molar-refractivity contribution is 5.85. The van der Waals surface area contributed by atoms with Gasteiger partial charge in [-0.05, 0) is 26.0 Å². The van der Waals surface area contributed by atoms with Crippen LogP contribution in [0.4, 0.5) is 20.6 Å². The van der Waals surface area contributed by atoms with E-state index in [1.165, 1.54) is 6.07 Å². The molecule has 1 aromatic carbocycles. The second-order valence-electron chi connectivity index (χ2n) is 3.50. The van der Waals surface area contributed by atoms with E-state index in [0.29, 0.717) is 0 Å². The molecule has 0 saturated heterocycles. The average molecular weight is 242 g/mol. The molecular formula is C10H11FN2O4. The molecule has 0 aliphatic rings. The van der Waals surface area contributed by atoms with Gasteiger partial charge in [-0.3, -0.25) is 15.4 Å². The quantitative estimate of drug-likeness (QED) is 0.652. The summed E-state index contributed by atoms with van der Waals surface area (Å²) < 4.78 is 17.8. The van der Waals surface area contributed by atoms with Crippen molar-refractivity contribution < 1.29 is 18.8 Å². The number of carbonyl (C=O) groups excluding carboxylic acids is 1. The third kappa shape index (κ3) is 3.71. The molecule has 0 aromatic heterocycles. The maximum absolute atomic E-state index is 13.0. The fourth-order valence-corrected chi connectivity index (χ4v) is 1.09. The van der Waals surface area contributed by atoms with Crippen LogP contribution in [0.5, 0.6) is 0 Å². The molecule has 7 heteroatoms. The molecule has 1 aromatic rings. The number of rotatable bonds is 3. The molecule has 0 spiro atoms. The summed E-state index contributed by atoms with van der Waals surface area (Å²) in [5.74, 6) is -0.960. The second-order valence-corrected chi connectivity index (χ2v) is 3.50. The maximum atomic E-state index is 13.0. The van der Waals surface area contributed by atoms with Gasteiger partial charge in [-0.25, -0.2) is 4.79 Å². The zero-order chi connectivity index (χ0) is 13.0. The Morgan fingerprint density at radius 2 is 2.18 bits per heavy atom. The number of hydrogen-bond donors (Lipinski definition) is 1. The lowest BCUT2D eigenvalue weighted by molar-refractivity contribution is -0.387. The Balaban J connectivity index is 2.82. The Hall–Kier alpha value is -2.18. The van der Waals surface area contributed by atoms with Crippen LogP contribution in [0, 0.1) is 15.9 Å². The van der Waals surface area contributed by atoms with E-state index in [9.17, 15) is 19.3 Å². The predicted octanol–water partition coefficient (Wildman–Crippen LogP) is 2.69. The van der Waals surface area contributed by atoms with Gasteiger partial charge in [-0.15, -0.1) is 0 Å². The van der Waals surface area contributed by atoms with Crippen LogP contribution in [-0.2, 0) is 4.74 Å². The fraction of sp³-hybridized carbons (Fsp3) is 0.300. The van der Waals surface area contributed by atoms with Gasteiger partial charge >= 0.3 is 11.8 Å². The number of nitrogens with one attached hydrogen (secondary N) is 1. The number of anilines is 1. The van der Waals surface area contributed by atoms with Crippen molar-refractivity contribution >= 4 is 17.5 Å².